The molecule has 1 aromatic heterocycles. The minimum atomic E-state index is -0.406. The molecule has 0 spiro atoms. The third-order valence-corrected chi connectivity index (χ3v) is 2.82. The van der Waals surface area contributed by atoms with Crippen LogP contribution in [-0.2, 0) is 0 Å². The van der Waals surface area contributed by atoms with Gasteiger partial charge in [-0.25, -0.2) is 4.98 Å². The normalized spacial score (nSPS) is 10.7. The molecule has 0 amide bonds. The standard InChI is InChI=1S/C11H9ClN2O2/c1-6-4-9(14(15)16)5-8-3-7(2)11(12)13-10(6)8/h3-5H,1-2H3. The van der Waals surface area contributed by atoms with Crippen LogP contribution in [0.3, 0.4) is 0 Å². The zero-order valence-corrected chi connectivity index (χ0v) is 9.58. The Hall–Kier alpha value is -1.68. The summed E-state index contributed by atoms with van der Waals surface area (Å²) in [5.41, 5.74) is 2.36. The zero-order chi connectivity index (χ0) is 11.9. The summed E-state index contributed by atoms with van der Waals surface area (Å²) in [5, 5.41) is 11.9. The van der Waals surface area contributed by atoms with E-state index >= 15 is 0 Å². The van der Waals surface area contributed by atoms with E-state index < -0.39 is 4.92 Å². The van der Waals surface area contributed by atoms with E-state index in [1.807, 2.05) is 13.0 Å². The predicted molar refractivity (Wildman–Crippen MR) is 62.9 cm³/mol. The van der Waals surface area contributed by atoms with Crippen molar-refractivity contribution in [2.45, 2.75) is 13.8 Å². The topological polar surface area (TPSA) is 56.0 Å². The lowest BCUT2D eigenvalue weighted by Gasteiger charge is -2.04. The van der Waals surface area contributed by atoms with Gasteiger partial charge in [-0.15, -0.1) is 0 Å². The molecule has 0 unspecified atom stereocenters. The monoisotopic (exact) mass is 236 g/mol. The molecule has 0 fully saturated rings. The Morgan fingerprint density at radius 1 is 1.25 bits per heavy atom. The first-order valence-corrected chi connectivity index (χ1v) is 5.08. The molecule has 0 saturated heterocycles. The van der Waals surface area contributed by atoms with Crippen LogP contribution < -0.4 is 0 Å². The van der Waals surface area contributed by atoms with Gasteiger partial charge in [0.25, 0.3) is 5.69 Å². The average molecular weight is 237 g/mol. The summed E-state index contributed by atoms with van der Waals surface area (Å²) in [4.78, 5) is 14.5. The average Bonchev–Trinajstić information content (AvgIpc) is 2.20. The van der Waals surface area contributed by atoms with Crippen LogP contribution in [0.25, 0.3) is 10.9 Å². The second-order valence-electron chi connectivity index (χ2n) is 3.69. The van der Waals surface area contributed by atoms with Crippen molar-refractivity contribution in [3.05, 3.63) is 44.6 Å². The summed E-state index contributed by atoms with van der Waals surface area (Å²) in [7, 11) is 0. The van der Waals surface area contributed by atoms with Gasteiger partial charge in [0.1, 0.15) is 5.15 Å². The van der Waals surface area contributed by atoms with Crippen LogP contribution in [0.1, 0.15) is 11.1 Å². The van der Waals surface area contributed by atoms with Crippen molar-refractivity contribution in [2.24, 2.45) is 0 Å². The Morgan fingerprint density at radius 3 is 2.56 bits per heavy atom. The van der Waals surface area contributed by atoms with Crippen molar-refractivity contribution < 1.29 is 4.92 Å². The van der Waals surface area contributed by atoms with Gasteiger partial charge in [0.2, 0.25) is 0 Å². The van der Waals surface area contributed by atoms with Gasteiger partial charge >= 0.3 is 0 Å². The molecule has 0 bridgehead atoms. The van der Waals surface area contributed by atoms with Crippen molar-refractivity contribution in [3.8, 4) is 0 Å². The van der Waals surface area contributed by atoms with Gasteiger partial charge < -0.3 is 0 Å². The Labute approximate surface area is 97.0 Å². The van der Waals surface area contributed by atoms with Gasteiger partial charge in [0, 0.05) is 17.5 Å². The van der Waals surface area contributed by atoms with Gasteiger partial charge in [-0.3, -0.25) is 10.1 Å². The minimum Gasteiger partial charge on any atom is -0.258 e. The maximum atomic E-state index is 10.7. The molecule has 16 heavy (non-hydrogen) atoms. The first kappa shape index (κ1) is 10.8. The van der Waals surface area contributed by atoms with Crippen molar-refractivity contribution >= 4 is 28.2 Å². The number of aryl methyl sites for hydroxylation is 2. The van der Waals surface area contributed by atoms with E-state index in [4.69, 9.17) is 11.6 Å². The molecule has 0 radical (unpaired) electrons. The van der Waals surface area contributed by atoms with Crippen LogP contribution in [-0.4, -0.2) is 9.91 Å². The van der Waals surface area contributed by atoms with Gasteiger partial charge in [0.05, 0.1) is 10.4 Å². The van der Waals surface area contributed by atoms with E-state index in [-0.39, 0.29) is 5.69 Å². The number of pyridine rings is 1. The van der Waals surface area contributed by atoms with E-state index in [9.17, 15) is 10.1 Å². The molecule has 0 N–H and O–H groups in total. The number of non-ortho nitro benzene ring substituents is 1. The lowest BCUT2D eigenvalue weighted by Crippen LogP contribution is -1.92. The van der Waals surface area contributed by atoms with E-state index in [1.54, 1.807) is 6.92 Å². The summed E-state index contributed by atoms with van der Waals surface area (Å²) in [6, 6.07) is 4.82. The van der Waals surface area contributed by atoms with Crippen LogP contribution in [0, 0.1) is 24.0 Å². The van der Waals surface area contributed by atoms with Gasteiger partial charge in [-0.1, -0.05) is 11.6 Å². The minimum absolute atomic E-state index is 0.0773. The van der Waals surface area contributed by atoms with Crippen molar-refractivity contribution in [2.75, 3.05) is 0 Å². The third kappa shape index (κ3) is 1.72. The highest BCUT2D eigenvalue weighted by Crippen LogP contribution is 2.26. The first-order chi connectivity index (χ1) is 7.49. The molecule has 0 saturated carbocycles. The molecule has 4 nitrogen and oxygen atoms in total. The molecule has 1 heterocycles. The molecule has 0 aliphatic rings. The van der Waals surface area contributed by atoms with Crippen LogP contribution in [0.15, 0.2) is 18.2 Å². The molecular weight excluding hydrogens is 228 g/mol. The van der Waals surface area contributed by atoms with Gasteiger partial charge in [-0.05, 0) is 31.0 Å². The summed E-state index contributed by atoms with van der Waals surface area (Å²) >= 11 is 5.92. The number of fused-ring (bicyclic) bond motifs is 1. The third-order valence-electron chi connectivity index (χ3n) is 2.43. The smallest absolute Gasteiger partial charge is 0.258 e. The molecule has 0 aliphatic heterocycles. The number of halogens is 1. The second kappa shape index (κ2) is 3.72. The number of benzene rings is 1. The van der Waals surface area contributed by atoms with Crippen LogP contribution in [0.5, 0.6) is 0 Å². The largest absolute Gasteiger partial charge is 0.270 e. The molecule has 5 heteroatoms. The fourth-order valence-electron chi connectivity index (χ4n) is 1.63. The molecule has 82 valence electrons. The highest BCUT2D eigenvalue weighted by atomic mass is 35.5. The second-order valence-corrected chi connectivity index (χ2v) is 4.05. The Bertz CT molecular complexity index is 596. The van der Waals surface area contributed by atoms with Crippen molar-refractivity contribution in [1.82, 2.24) is 4.98 Å². The van der Waals surface area contributed by atoms with Gasteiger partial charge in [-0.2, -0.15) is 0 Å². The number of nitrogens with zero attached hydrogens (tertiary/aromatic N) is 2. The first-order valence-electron chi connectivity index (χ1n) is 4.71. The van der Waals surface area contributed by atoms with E-state index in [0.29, 0.717) is 10.7 Å². The number of nitro groups is 1. The SMILES string of the molecule is Cc1cc2cc([N+](=O)[O-])cc(C)c2nc1Cl. The number of hydrogen-bond acceptors (Lipinski definition) is 3. The van der Waals surface area contributed by atoms with Crippen LogP contribution in [0.2, 0.25) is 5.15 Å². The van der Waals surface area contributed by atoms with Crippen LogP contribution >= 0.6 is 11.6 Å². The molecule has 0 aliphatic carbocycles. The number of rotatable bonds is 1. The van der Waals surface area contributed by atoms with Gasteiger partial charge in [0.15, 0.2) is 0 Å². The fraction of sp³-hybridized carbons (Fsp3) is 0.182. The number of aromatic nitrogens is 1. The number of hydrogen-bond donors (Lipinski definition) is 0. The molecule has 0 atom stereocenters. The summed E-state index contributed by atoms with van der Waals surface area (Å²) in [6.45, 7) is 3.61. The lowest BCUT2D eigenvalue weighted by atomic mass is 10.1. The van der Waals surface area contributed by atoms with E-state index in [1.165, 1.54) is 12.1 Å². The van der Waals surface area contributed by atoms with Crippen molar-refractivity contribution in [1.29, 1.82) is 0 Å². The van der Waals surface area contributed by atoms with E-state index in [2.05, 4.69) is 4.98 Å². The molecule has 1 aromatic carbocycles. The molecule has 2 rings (SSSR count). The predicted octanol–water partition coefficient (Wildman–Crippen LogP) is 3.41. The highest BCUT2D eigenvalue weighted by Gasteiger charge is 2.11. The Kier molecular flexibility index (Phi) is 2.52. The lowest BCUT2D eigenvalue weighted by molar-refractivity contribution is -0.384. The van der Waals surface area contributed by atoms with Crippen molar-refractivity contribution in [3.63, 3.8) is 0 Å². The summed E-state index contributed by atoms with van der Waals surface area (Å²) in [5.74, 6) is 0. The quantitative estimate of drug-likeness (QED) is 0.433. The maximum absolute atomic E-state index is 10.7. The Morgan fingerprint density at radius 2 is 1.94 bits per heavy atom. The van der Waals surface area contributed by atoms with E-state index in [0.717, 1.165) is 16.5 Å². The Balaban J connectivity index is 2.82. The summed E-state index contributed by atoms with van der Waals surface area (Å²) in [6.07, 6.45) is 0. The molecule has 2 aromatic rings. The highest BCUT2D eigenvalue weighted by molar-refractivity contribution is 6.30. The maximum Gasteiger partial charge on any atom is 0.270 e. The van der Waals surface area contributed by atoms with Crippen LogP contribution in [0.4, 0.5) is 5.69 Å². The fourth-order valence-corrected chi connectivity index (χ4v) is 1.77. The summed E-state index contributed by atoms with van der Waals surface area (Å²) < 4.78 is 0. The molecular formula is C11H9ClN2O2. The number of nitro benzene ring substituents is 1. The zero-order valence-electron chi connectivity index (χ0n) is 8.82.